The van der Waals surface area contributed by atoms with Crippen molar-refractivity contribution in [1.29, 1.82) is 0 Å². The Morgan fingerprint density at radius 1 is 1.47 bits per heavy atom. The van der Waals surface area contributed by atoms with Gasteiger partial charge in [-0.15, -0.1) is 0 Å². The van der Waals surface area contributed by atoms with Gasteiger partial charge in [0.25, 0.3) is 0 Å². The van der Waals surface area contributed by atoms with Crippen LogP contribution >= 0.6 is 11.6 Å². The van der Waals surface area contributed by atoms with Crippen molar-refractivity contribution in [1.82, 2.24) is 10.3 Å². The second-order valence-corrected chi connectivity index (χ2v) is 4.76. The third-order valence-corrected chi connectivity index (χ3v) is 3.33. The van der Waals surface area contributed by atoms with Gasteiger partial charge in [-0.05, 0) is 25.1 Å². The number of rotatable bonds is 2. The molecule has 0 bridgehead atoms. The number of amides is 1. The molecule has 0 spiro atoms. The highest BCUT2D eigenvalue weighted by Gasteiger charge is 2.61. The van der Waals surface area contributed by atoms with Crippen molar-refractivity contribution in [2.75, 3.05) is 18.4 Å². The van der Waals surface area contributed by atoms with Crippen LogP contribution in [-0.4, -0.2) is 30.2 Å². The van der Waals surface area contributed by atoms with Gasteiger partial charge < -0.3 is 10.6 Å². The lowest BCUT2D eigenvalue weighted by molar-refractivity contribution is -0.213. The van der Waals surface area contributed by atoms with E-state index in [1.54, 1.807) is 0 Å². The van der Waals surface area contributed by atoms with Gasteiger partial charge in [0, 0.05) is 12.7 Å². The van der Waals surface area contributed by atoms with Crippen molar-refractivity contribution in [2.24, 2.45) is 5.41 Å². The summed E-state index contributed by atoms with van der Waals surface area (Å²) in [7, 11) is 0. The Labute approximate surface area is 112 Å². The number of alkyl halides is 3. The van der Waals surface area contributed by atoms with Gasteiger partial charge in [-0.25, -0.2) is 4.98 Å². The molecule has 4 nitrogen and oxygen atoms in total. The first-order valence-corrected chi connectivity index (χ1v) is 5.93. The van der Waals surface area contributed by atoms with Crippen molar-refractivity contribution in [3.63, 3.8) is 0 Å². The van der Waals surface area contributed by atoms with Crippen molar-refractivity contribution in [3.8, 4) is 0 Å². The van der Waals surface area contributed by atoms with Gasteiger partial charge in [-0.2, -0.15) is 13.2 Å². The van der Waals surface area contributed by atoms with E-state index in [0.29, 0.717) is 5.02 Å². The first-order valence-electron chi connectivity index (χ1n) is 5.56. The molecule has 8 heteroatoms. The molecule has 0 saturated carbocycles. The molecule has 2 heterocycles. The third-order valence-electron chi connectivity index (χ3n) is 3.10. The van der Waals surface area contributed by atoms with Crippen LogP contribution in [0.25, 0.3) is 0 Å². The predicted molar refractivity (Wildman–Crippen MR) is 63.9 cm³/mol. The van der Waals surface area contributed by atoms with Crippen LogP contribution in [0.15, 0.2) is 18.3 Å². The molecule has 19 heavy (non-hydrogen) atoms. The van der Waals surface area contributed by atoms with Crippen molar-refractivity contribution >= 4 is 23.3 Å². The Bertz CT molecular complexity index is 469. The summed E-state index contributed by atoms with van der Waals surface area (Å²) in [5.74, 6) is -1.05. The molecule has 0 radical (unpaired) electrons. The summed E-state index contributed by atoms with van der Waals surface area (Å²) in [6.45, 7) is -0.267. The standard InChI is InChI=1S/C11H11ClF3N3O/c12-7-1-2-8(17-5-7)18-9(19)10(11(13,14)15)3-4-16-6-10/h1-2,5,16H,3-4,6H2,(H,17,18,19). The topological polar surface area (TPSA) is 54.0 Å². The van der Waals surface area contributed by atoms with Gasteiger partial charge in [0.1, 0.15) is 5.82 Å². The lowest BCUT2D eigenvalue weighted by atomic mass is 9.85. The summed E-state index contributed by atoms with van der Waals surface area (Å²) >= 11 is 5.61. The molecule has 2 rings (SSSR count). The van der Waals surface area contributed by atoms with E-state index in [-0.39, 0.29) is 18.8 Å². The number of halogens is 4. The maximum Gasteiger partial charge on any atom is 0.404 e. The Morgan fingerprint density at radius 2 is 2.21 bits per heavy atom. The van der Waals surface area contributed by atoms with Crippen LogP contribution in [0.4, 0.5) is 19.0 Å². The molecule has 1 aromatic heterocycles. The molecule has 1 aliphatic heterocycles. The summed E-state index contributed by atoms with van der Waals surface area (Å²) < 4.78 is 39.3. The second-order valence-electron chi connectivity index (χ2n) is 4.32. The van der Waals surface area contributed by atoms with E-state index in [1.807, 2.05) is 0 Å². The quantitative estimate of drug-likeness (QED) is 0.879. The van der Waals surface area contributed by atoms with Gasteiger partial charge in [-0.3, -0.25) is 4.79 Å². The highest BCUT2D eigenvalue weighted by atomic mass is 35.5. The van der Waals surface area contributed by atoms with Gasteiger partial charge in [0.05, 0.1) is 5.02 Å². The highest BCUT2D eigenvalue weighted by molar-refractivity contribution is 6.30. The zero-order valence-electron chi connectivity index (χ0n) is 9.72. The minimum Gasteiger partial charge on any atom is -0.315 e. The van der Waals surface area contributed by atoms with Crippen molar-refractivity contribution < 1.29 is 18.0 Å². The van der Waals surface area contributed by atoms with Gasteiger partial charge in [-0.1, -0.05) is 11.6 Å². The van der Waals surface area contributed by atoms with Gasteiger partial charge in [0.2, 0.25) is 5.91 Å². The van der Waals surface area contributed by atoms with E-state index in [0.717, 1.165) is 0 Å². The molecule has 0 aliphatic carbocycles. The number of nitrogens with zero attached hydrogens (tertiary/aromatic N) is 1. The number of aromatic nitrogens is 1. The Balaban J connectivity index is 2.19. The Hall–Kier alpha value is -1.34. The SMILES string of the molecule is O=C(Nc1ccc(Cl)cn1)C1(C(F)(F)F)CCNC1. The number of anilines is 1. The van der Waals surface area contributed by atoms with Gasteiger partial charge in [0.15, 0.2) is 5.41 Å². The fourth-order valence-corrected chi connectivity index (χ4v) is 2.05. The average molecular weight is 294 g/mol. The second kappa shape index (κ2) is 4.97. The van der Waals surface area contributed by atoms with E-state index in [4.69, 9.17) is 11.6 Å². The minimum atomic E-state index is -4.60. The number of carbonyl (C=O) groups is 1. The average Bonchev–Trinajstić information content (AvgIpc) is 2.82. The predicted octanol–water partition coefficient (Wildman–Crippen LogP) is 2.22. The van der Waals surface area contributed by atoms with Crippen LogP contribution in [0, 0.1) is 5.41 Å². The first kappa shape index (κ1) is 14.1. The maximum absolute atomic E-state index is 13.1. The Morgan fingerprint density at radius 3 is 2.68 bits per heavy atom. The fourth-order valence-electron chi connectivity index (χ4n) is 1.94. The van der Waals surface area contributed by atoms with Gasteiger partial charge >= 0.3 is 6.18 Å². The molecule has 1 fully saturated rings. The lowest BCUT2D eigenvalue weighted by Gasteiger charge is -2.29. The van der Waals surface area contributed by atoms with E-state index >= 15 is 0 Å². The first-order chi connectivity index (χ1) is 8.85. The lowest BCUT2D eigenvalue weighted by Crippen LogP contribution is -2.49. The van der Waals surface area contributed by atoms with Crippen LogP contribution < -0.4 is 10.6 Å². The molecular weight excluding hydrogens is 283 g/mol. The van der Waals surface area contributed by atoms with Crippen molar-refractivity contribution in [2.45, 2.75) is 12.6 Å². The van der Waals surface area contributed by atoms with Crippen LogP contribution in [0.2, 0.25) is 5.02 Å². The largest absolute Gasteiger partial charge is 0.404 e. The third kappa shape index (κ3) is 2.66. The highest BCUT2D eigenvalue weighted by Crippen LogP contribution is 2.43. The van der Waals surface area contributed by atoms with E-state index in [9.17, 15) is 18.0 Å². The molecule has 0 aromatic carbocycles. The number of hydrogen-bond acceptors (Lipinski definition) is 3. The summed E-state index contributed by atoms with van der Waals surface area (Å²) in [5, 5.41) is 5.10. The molecule has 1 aromatic rings. The van der Waals surface area contributed by atoms with Crippen molar-refractivity contribution in [3.05, 3.63) is 23.4 Å². The smallest absolute Gasteiger partial charge is 0.315 e. The van der Waals surface area contributed by atoms with Crippen LogP contribution in [0.1, 0.15) is 6.42 Å². The van der Waals surface area contributed by atoms with Crippen LogP contribution in [0.5, 0.6) is 0 Å². The molecule has 1 amide bonds. The molecule has 1 atom stereocenters. The number of carbonyl (C=O) groups excluding carboxylic acids is 1. The van der Waals surface area contributed by atoms with E-state index in [2.05, 4.69) is 15.6 Å². The summed E-state index contributed by atoms with van der Waals surface area (Å²) in [4.78, 5) is 15.7. The normalized spacial score (nSPS) is 23.4. The molecule has 104 valence electrons. The minimum absolute atomic E-state index is 0.0462. The zero-order valence-corrected chi connectivity index (χ0v) is 10.5. The van der Waals surface area contributed by atoms with E-state index < -0.39 is 24.0 Å². The number of nitrogens with one attached hydrogen (secondary N) is 2. The maximum atomic E-state index is 13.1. The fraction of sp³-hybridized carbons (Fsp3) is 0.455. The molecule has 1 unspecified atom stereocenters. The molecule has 1 saturated heterocycles. The van der Waals surface area contributed by atoms with Crippen LogP contribution in [0.3, 0.4) is 0 Å². The summed E-state index contributed by atoms with van der Waals surface area (Å²) in [6.07, 6.45) is -3.63. The zero-order chi connectivity index (χ0) is 14.1. The number of hydrogen-bond donors (Lipinski definition) is 2. The summed E-state index contributed by atoms with van der Waals surface area (Å²) in [6, 6.07) is 2.80. The Kier molecular flexibility index (Phi) is 3.69. The van der Waals surface area contributed by atoms with E-state index in [1.165, 1.54) is 18.3 Å². The molecule has 2 N–H and O–H groups in total. The summed E-state index contributed by atoms with van der Waals surface area (Å²) in [5.41, 5.74) is -2.39. The number of pyridine rings is 1. The monoisotopic (exact) mass is 293 g/mol. The molecule has 1 aliphatic rings. The molecular formula is C11H11ClF3N3O. The van der Waals surface area contributed by atoms with Crippen LogP contribution in [-0.2, 0) is 4.79 Å².